The molecule has 0 aromatic rings. The molecule has 0 aromatic heterocycles. The highest BCUT2D eigenvalue weighted by atomic mass is 16.5. The van der Waals surface area contributed by atoms with Crippen LogP contribution in [0.1, 0.15) is 39.0 Å². The molecule has 6 heteroatoms. The Hall–Kier alpha value is -1.30. The Kier molecular flexibility index (Phi) is 5.85. The molecule has 120 valence electrons. The zero-order valence-corrected chi connectivity index (χ0v) is 12.7. The molecule has 2 fully saturated rings. The van der Waals surface area contributed by atoms with E-state index < -0.39 is 11.9 Å². The van der Waals surface area contributed by atoms with E-state index in [4.69, 9.17) is 4.74 Å². The average molecular weight is 298 g/mol. The van der Waals surface area contributed by atoms with E-state index in [0.29, 0.717) is 25.6 Å². The number of aliphatic carboxylic acids is 1. The third-order valence-electron chi connectivity index (χ3n) is 4.64. The smallest absolute Gasteiger partial charge is 0.317 e. The zero-order valence-electron chi connectivity index (χ0n) is 12.7. The van der Waals surface area contributed by atoms with Crippen LogP contribution in [0.25, 0.3) is 0 Å². The van der Waals surface area contributed by atoms with E-state index in [1.807, 2.05) is 6.92 Å². The first-order chi connectivity index (χ1) is 10.1. The van der Waals surface area contributed by atoms with Crippen LogP contribution in [0.3, 0.4) is 0 Å². The normalized spacial score (nSPS) is 26.5. The molecule has 2 rings (SSSR count). The molecule has 1 aliphatic carbocycles. The molecule has 2 amide bonds. The van der Waals surface area contributed by atoms with Crippen LogP contribution in [0.2, 0.25) is 0 Å². The quantitative estimate of drug-likeness (QED) is 0.809. The molecule has 21 heavy (non-hydrogen) atoms. The number of urea groups is 1. The zero-order chi connectivity index (χ0) is 15.2. The number of carboxylic acids is 1. The Morgan fingerprint density at radius 3 is 2.57 bits per heavy atom. The second-order valence-electron chi connectivity index (χ2n) is 6.03. The van der Waals surface area contributed by atoms with Crippen molar-refractivity contribution >= 4 is 12.0 Å². The number of hydrogen-bond acceptors (Lipinski definition) is 3. The predicted molar refractivity (Wildman–Crippen MR) is 78.1 cm³/mol. The molecule has 2 unspecified atom stereocenters. The first-order valence-corrected chi connectivity index (χ1v) is 7.98. The van der Waals surface area contributed by atoms with E-state index in [1.54, 1.807) is 4.90 Å². The highest BCUT2D eigenvalue weighted by Gasteiger charge is 2.39. The van der Waals surface area contributed by atoms with Crippen molar-refractivity contribution in [3.63, 3.8) is 0 Å². The summed E-state index contributed by atoms with van der Waals surface area (Å²) >= 11 is 0. The van der Waals surface area contributed by atoms with Gasteiger partial charge in [-0.05, 0) is 25.7 Å². The van der Waals surface area contributed by atoms with Crippen LogP contribution in [0, 0.1) is 11.8 Å². The van der Waals surface area contributed by atoms with E-state index in [1.165, 1.54) is 32.1 Å². The molecular formula is C15H26N2O4. The average Bonchev–Trinajstić information content (AvgIpc) is 2.96. The van der Waals surface area contributed by atoms with Crippen molar-refractivity contribution in [2.75, 3.05) is 26.3 Å². The fraction of sp³-hybridized carbons (Fsp3) is 0.867. The van der Waals surface area contributed by atoms with Gasteiger partial charge in [0.1, 0.15) is 5.92 Å². The third-order valence-corrected chi connectivity index (χ3v) is 4.64. The predicted octanol–water partition coefficient (Wildman–Crippen LogP) is 1.70. The van der Waals surface area contributed by atoms with Crippen molar-refractivity contribution in [3.8, 4) is 0 Å². The molecule has 2 aliphatic rings. The number of nitrogens with one attached hydrogen (secondary N) is 1. The van der Waals surface area contributed by atoms with Gasteiger partial charge < -0.3 is 20.1 Å². The van der Waals surface area contributed by atoms with Crippen molar-refractivity contribution in [1.29, 1.82) is 0 Å². The van der Waals surface area contributed by atoms with E-state index in [-0.39, 0.29) is 18.7 Å². The molecule has 0 spiro atoms. The van der Waals surface area contributed by atoms with Crippen LogP contribution in [-0.4, -0.2) is 54.4 Å². The number of rotatable bonds is 5. The molecule has 1 saturated heterocycles. The summed E-state index contributed by atoms with van der Waals surface area (Å²) in [4.78, 5) is 25.2. The maximum absolute atomic E-state index is 12.3. The number of ether oxygens (including phenoxy) is 1. The van der Waals surface area contributed by atoms with Gasteiger partial charge in [-0.3, -0.25) is 4.79 Å². The highest BCUT2D eigenvalue weighted by molar-refractivity contribution is 5.77. The van der Waals surface area contributed by atoms with Crippen LogP contribution >= 0.6 is 0 Å². The van der Waals surface area contributed by atoms with E-state index in [0.717, 1.165) is 0 Å². The lowest BCUT2D eigenvalue weighted by atomic mass is 9.89. The molecule has 1 aliphatic heterocycles. The van der Waals surface area contributed by atoms with Crippen LogP contribution in [0.15, 0.2) is 0 Å². The molecule has 0 aromatic carbocycles. The summed E-state index contributed by atoms with van der Waals surface area (Å²) in [7, 11) is 0. The number of carbonyl (C=O) groups excluding carboxylic acids is 1. The van der Waals surface area contributed by atoms with Gasteiger partial charge in [0.25, 0.3) is 0 Å². The summed E-state index contributed by atoms with van der Waals surface area (Å²) in [5.74, 6) is -0.946. The maximum atomic E-state index is 12.3. The van der Waals surface area contributed by atoms with Gasteiger partial charge in [0.2, 0.25) is 0 Å². The molecular weight excluding hydrogens is 272 g/mol. The van der Waals surface area contributed by atoms with Gasteiger partial charge in [-0.15, -0.1) is 0 Å². The Morgan fingerprint density at radius 2 is 1.95 bits per heavy atom. The van der Waals surface area contributed by atoms with Gasteiger partial charge in [-0.2, -0.15) is 0 Å². The van der Waals surface area contributed by atoms with E-state index in [9.17, 15) is 14.7 Å². The second kappa shape index (κ2) is 7.64. The minimum absolute atomic E-state index is 0.162. The van der Waals surface area contributed by atoms with Crippen LogP contribution in [0.4, 0.5) is 4.79 Å². The molecule has 1 saturated carbocycles. The fourth-order valence-electron chi connectivity index (χ4n) is 3.34. The SMILES string of the molecule is CCN(C(=O)NCC1CCCCC1)C1COCC1C(=O)O. The first kappa shape index (κ1) is 16.1. The number of likely N-dealkylation sites (N-methyl/N-ethyl adjacent to an activating group) is 1. The van der Waals surface area contributed by atoms with Crippen molar-refractivity contribution < 1.29 is 19.4 Å². The minimum Gasteiger partial charge on any atom is -0.481 e. The molecule has 0 bridgehead atoms. The largest absolute Gasteiger partial charge is 0.481 e. The Bertz CT molecular complexity index is 369. The van der Waals surface area contributed by atoms with Gasteiger partial charge in [-0.25, -0.2) is 4.79 Å². The van der Waals surface area contributed by atoms with Crippen molar-refractivity contribution in [3.05, 3.63) is 0 Å². The lowest BCUT2D eigenvalue weighted by molar-refractivity contribution is -0.142. The van der Waals surface area contributed by atoms with E-state index in [2.05, 4.69) is 5.32 Å². The van der Waals surface area contributed by atoms with Crippen molar-refractivity contribution in [2.45, 2.75) is 45.1 Å². The van der Waals surface area contributed by atoms with Crippen LogP contribution in [0.5, 0.6) is 0 Å². The summed E-state index contributed by atoms with van der Waals surface area (Å²) in [6.45, 7) is 3.56. The number of hydrogen-bond donors (Lipinski definition) is 2. The summed E-state index contributed by atoms with van der Waals surface area (Å²) in [6.07, 6.45) is 6.14. The Morgan fingerprint density at radius 1 is 1.24 bits per heavy atom. The Balaban J connectivity index is 1.87. The summed E-state index contributed by atoms with van der Waals surface area (Å²) < 4.78 is 5.26. The number of carboxylic acid groups (broad SMARTS) is 1. The minimum atomic E-state index is -0.893. The van der Waals surface area contributed by atoms with Crippen molar-refractivity contribution in [2.24, 2.45) is 11.8 Å². The van der Waals surface area contributed by atoms with Crippen LogP contribution < -0.4 is 5.32 Å². The maximum Gasteiger partial charge on any atom is 0.317 e. The number of carbonyl (C=O) groups is 2. The van der Waals surface area contributed by atoms with Crippen molar-refractivity contribution in [1.82, 2.24) is 10.2 Å². The standard InChI is InChI=1S/C15H26N2O4/c1-2-17(13-10-21-9-12(13)14(18)19)15(20)16-8-11-6-4-3-5-7-11/h11-13H,2-10H2,1H3,(H,16,20)(H,18,19). The molecule has 1 heterocycles. The monoisotopic (exact) mass is 298 g/mol. The van der Waals surface area contributed by atoms with Gasteiger partial charge in [-0.1, -0.05) is 19.3 Å². The summed E-state index contributed by atoms with van der Waals surface area (Å²) in [5.41, 5.74) is 0. The Labute approximate surface area is 125 Å². The number of nitrogens with zero attached hydrogens (tertiary/aromatic N) is 1. The lowest BCUT2D eigenvalue weighted by Crippen LogP contribution is -2.51. The highest BCUT2D eigenvalue weighted by Crippen LogP contribution is 2.23. The lowest BCUT2D eigenvalue weighted by Gasteiger charge is -2.30. The van der Waals surface area contributed by atoms with Gasteiger partial charge >= 0.3 is 12.0 Å². The second-order valence-corrected chi connectivity index (χ2v) is 6.03. The van der Waals surface area contributed by atoms with Gasteiger partial charge in [0, 0.05) is 13.1 Å². The van der Waals surface area contributed by atoms with E-state index >= 15 is 0 Å². The van der Waals surface area contributed by atoms with Gasteiger partial charge in [0.05, 0.1) is 19.3 Å². The summed E-state index contributed by atoms with van der Waals surface area (Å²) in [6, 6.07) is -0.524. The molecule has 0 radical (unpaired) electrons. The summed E-state index contributed by atoms with van der Waals surface area (Å²) in [5, 5.41) is 12.2. The topological polar surface area (TPSA) is 78.9 Å². The van der Waals surface area contributed by atoms with Gasteiger partial charge in [0.15, 0.2) is 0 Å². The van der Waals surface area contributed by atoms with Crippen LogP contribution in [-0.2, 0) is 9.53 Å². The number of amides is 2. The molecule has 2 N–H and O–H groups in total. The third kappa shape index (κ3) is 4.09. The molecule has 6 nitrogen and oxygen atoms in total. The first-order valence-electron chi connectivity index (χ1n) is 7.98. The molecule has 2 atom stereocenters. The fourth-order valence-corrected chi connectivity index (χ4v) is 3.34.